The van der Waals surface area contributed by atoms with Crippen molar-refractivity contribution >= 4 is 16.1 Å². The molecule has 0 aliphatic heterocycles. The lowest BCUT2D eigenvalue weighted by atomic mass is 10.00. The molecule has 0 heterocycles. The van der Waals surface area contributed by atoms with Crippen molar-refractivity contribution in [3.8, 4) is 0 Å². The molecule has 0 nitrogen and oxygen atoms in total. The van der Waals surface area contributed by atoms with Crippen molar-refractivity contribution in [2.24, 2.45) is 0 Å². The van der Waals surface area contributed by atoms with E-state index in [0.717, 1.165) is 0 Å². The van der Waals surface area contributed by atoms with E-state index in [1.165, 1.54) is 31.3 Å². The number of rotatable bonds is 3. The molecule has 0 fully saturated rings. The summed E-state index contributed by atoms with van der Waals surface area (Å²) in [4.78, 5) is 1.69. The highest BCUT2D eigenvalue weighted by Crippen LogP contribution is 2.25. The molecule has 1 rings (SSSR count). The van der Waals surface area contributed by atoms with Gasteiger partial charge in [-0.25, -0.2) is 0 Å². The lowest BCUT2D eigenvalue weighted by Crippen LogP contribution is -2.39. The molecule has 0 atom stereocenters. The number of hydrogen-bond acceptors (Lipinski definition) is 0. The van der Waals surface area contributed by atoms with Crippen LogP contribution in [0.15, 0.2) is 28.3 Å². The first kappa shape index (κ1) is 14.8. The van der Waals surface area contributed by atoms with Crippen LogP contribution < -0.4 is 0 Å². The monoisotopic (exact) mass is 264 g/mol. The molecule has 0 unspecified atom stereocenters. The van der Waals surface area contributed by atoms with Crippen LogP contribution in [0, 0.1) is 0 Å². The first-order valence-electron chi connectivity index (χ1n) is 6.88. The molecule has 17 heavy (non-hydrogen) atoms. The lowest BCUT2D eigenvalue weighted by molar-refractivity contribution is 0.712. The molecule has 0 N–H and O–H groups in total. The highest BCUT2D eigenvalue weighted by molar-refractivity contribution is 7.04. The largest absolute Gasteiger partial charge is 0.130 e. The second kappa shape index (κ2) is 5.56. The minimum Gasteiger partial charge on any atom is -0.130 e. The smallest absolute Gasteiger partial charge is 0.0773 e. The molecule has 0 aromatic heterocycles. The minimum atomic E-state index is -1.20. The van der Waals surface area contributed by atoms with Crippen LogP contribution in [0.1, 0.15) is 25.7 Å². The maximum absolute atomic E-state index is 3.72. The standard InChI is InChI=1S/C15H28Si2/c1-16(2,3)15(17(4,5)6)13-12-14-10-8-7-9-11-14/h10,12H,7-9,11H2,1-6H3. The van der Waals surface area contributed by atoms with Crippen molar-refractivity contribution in [2.45, 2.75) is 65.0 Å². The zero-order chi connectivity index (χ0) is 13.1. The van der Waals surface area contributed by atoms with Gasteiger partial charge in [-0.15, -0.1) is 5.73 Å². The molecule has 0 aromatic rings. The van der Waals surface area contributed by atoms with Crippen molar-refractivity contribution in [3.63, 3.8) is 0 Å². The Balaban J connectivity index is 3.06. The molecule has 1 aliphatic rings. The average molecular weight is 265 g/mol. The molecular weight excluding hydrogens is 236 g/mol. The van der Waals surface area contributed by atoms with Crippen LogP contribution in [0.2, 0.25) is 39.3 Å². The summed E-state index contributed by atoms with van der Waals surface area (Å²) in [5.74, 6) is 0. The fourth-order valence-corrected chi connectivity index (χ4v) is 12.7. The van der Waals surface area contributed by atoms with E-state index >= 15 is 0 Å². The van der Waals surface area contributed by atoms with Gasteiger partial charge < -0.3 is 0 Å². The van der Waals surface area contributed by atoms with Gasteiger partial charge in [-0.2, -0.15) is 0 Å². The third-order valence-corrected chi connectivity index (χ3v) is 11.0. The van der Waals surface area contributed by atoms with Crippen molar-refractivity contribution in [1.29, 1.82) is 0 Å². The van der Waals surface area contributed by atoms with Gasteiger partial charge >= 0.3 is 0 Å². The van der Waals surface area contributed by atoms with Gasteiger partial charge in [0.1, 0.15) is 0 Å². The SMILES string of the molecule is C[Si](C)(C)C(=C=CC1=CCCCC1)[Si](C)(C)C. The Kier molecular flexibility index (Phi) is 4.82. The van der Waals surface area contributed by atoms with Gasteiger partial charge in [0.15, 0.2) is 0 Å². The Morgan fingerprint density at radius 2 is 1.65 bits per heavy atom. The van der Waals surface area contributed by atoms with E-state index in [4.69, 9.17) is 0 Å². The van der Waals surface area contributed by atoms with Gasteiger partial charge in [0, 0.05) is 0 Å². The van der Waals surface area contributed by atoms with Crippen LogP contribution in [0.5, 0.6) is 0 Å². The Hall–Kier alpha value is -0.306. The third kappa shape index (κ3) is 4.83. The van der Waals surface area contributed by atoms with Crippen LogP contribution in [0.4, 0.5) is 0 Å². The predicted octanol–water partition coefficient (Wildman–Crippen LogP) is 5.32. The summed E-state index contributed by atoms with van der Waals surface area (Å²) in [5.41, 5.74) is 5.23. The molecule has 0 spiro atoms. The maximum atomic E-state index is 3.72. The van der Waals surface area contributed by atoms with E-state index in [1.807, 2.05) is 0 Å². The van der Waals surface area contributed by atoms with Gasteiger partial charge in [-0.05, 0) is 37.3 Å². The van der Waals surface area contributed by atoms with E-state index in [0.29, 0.717) is 0 Å². The Morgan fingerprint density at radius 3 is 2.06 bits per heavy atom. The van der Waals surface area contributed by atoms with E-state index in [2.05, 4.69) is 57.2 Å². The quantitative estimate of drug-likeness (QED) is 0.478. The van der Waals surface area contributed by atoms with Gasteiger partial charge in [0.2, 0.25) is 0 Å². The summed E-state index contributed by atoms with van der Waals surface area (Å²) >= 11 is 0. The van der Waals surface area contributed by atoms with Crippen LogP contribution in [0.3, 0.4) is 0 Å². The Morgan fingerprint density at radius 1 is 1.06 bits per heavy atom. The second-order valence-electron chi connectivity index (χ2n) is 7.19. The van der Waals surface area contributed by atoms with Gasteiger partial charge in [-0.1, -0.05) is 50.2 Å². The summed E-state index contributed by atoms with van der Waals surface area (Å²) in [6, 6.07) is 0. The molecule has 0 amide bonds. The summed E-state index contributed by atoms with van der Waals surface area (Å²) in [7, 11) is -2.40. The topological polar surface area (TPSA) is 0 Å². The predicted molar refractivity (Wildman–Crippen MR) is 84.8 cm³/mol. The van der Waals surface area contributed by atoms with E-state index in [-0.39, 0.29) is 0 Å². The van der Waals surface area contributed by atoms with Gasteiger partial charge in [0.05, 0.1) is 16.1 Å². The zero-order valence-electron chi connectivity index (χ0n) is 12.5. The van der Waals surface area contributed by atoms with Crippen molar-refractivity contribution in [2.75, 3.05) is 0 Å². The minimum absolute atomic E-state index is 1.20. The normalized spacial score (nSPS) is 17.2. The van der Waals surface area contributed by atoms with Crippen molar-refractivity contribution < 1.29 is 0 Å². The van der Waals surface area contributed by atoms with Crippen LogP contribution in [-0.2, 0) is 0 Å². The molecule has 96 valence electrons. The van der Waals surface area contributed by atoms with Crippen molar-refractivity contribution in [1.82, 2.24) is 0 Å². The van der Waals surface area contributed by atoms with Crippen LogP contribution in [0.25, 0.3) is 0 Å². The summed E-state index contributed by atoms with van der Waals surface area (Å²) in [6.07, 6.45) is 9.96. The maximum Gasteiger partial charge on any atom is 0.0773 e. The van der Waals surface area contributed by atoms with Gasteiger partial charge in [0.25, 0.3) is 0 Å². The summed E-state index contributed by atoms with van der Waals surface area (Å²) < 4.78 is 0. The Labute approximate surface area is 110 Å². The highest BCUT2D eigenvalue weighted by Gasteiger charge is 2.30. The lowest BCUT2D eigenvalue weighted by Gasteiger charge is -2.29. The van der Waals surface area contributed by atoms with E-state index < -0.39 is 16.1 Å². The van der Waals surface area contributed by atoms with E-state index in [1.54, 1.807) is 4.82 Å². The fourth-order valence-electron chi connectivity index (χ4n) is 2.72. The fraction of sp³-hybridized carbons (Fsp3) is 0.667. The number of hydrogen-bond donors (Lipinski definition) is 0. The Bertz CT molecular complexity index is 339. The molecule has 0 radical (unpaired) electrons. The van der Waals surface area contributed by atoms with Crippen molar-refractivity contribution in [3.05, 3.63) is 28.3 Å². The average Bonchev–Trinajstić information content (AvgIpc) is 2.15. The van der Waals surface area contributed by atoms with Gasteiger partial charge in [-0.3, -0.25) is 0 Å². The molecule has 0 aromatic carbocycles. The number of allylic oxidation sites excluding steroid dienone is 3. The first-order chi connectivity index (χ1) is 7.71. The highest BCUT2D eigenvalue weighted by atomic mass is 28.4. The summed E-state index contributed by atoms with van der Waals surface area (Å²) in [6.45, 7) is 14.7. The molecule has 2 heteroatoms. The zero-order valence-corrected chi connectivity index (χ0v) is 14.5. The first-order valence-corrected chi connectivity index (χ1v) is 13.9. The molecule has 1 aliphatic carbocycles. The van der Waals surface area contributed by atoms with E-state index in [9.17, 15) is 0 Å². The van der Waals surface area contributed by atoms with Crippen LogP contribution >= 0.6 is 0 Å². The molecule has 0 bridgehead atoms. The van der Waals surface area contributed by atoms with Crippen LogP contribution in [-0.4, -0.2) is 16.1 Å². The summed E-state index contributed by atoms with van der Waals surface area (Å²) in [5, 5.41) is 0. The molecule has 0 saturated heterocycles. The molecular formula is C15H28Si2. The second-order valence-corrected chi connectivity index (χ2v) is 17.7. The molecule has 0 saturated carbocycles. The third-order valence-electron chi connectivity index (χ3n) is 3.23.